The maximum atomic E-state index is 12.9. The lowest BCUT2D eigenvalue weighted by atomic mass is 9.97. The summed E-state index contributed by atoms with van der Waals surface area (Å²) in [5.41, 5.74) is 1.47. The molecular weight excluding hydrogens is 458 g/mol. The van der Waals surface area contributed by atoms with Crippen molar-refractivity contribution in [3.63, 3.8) is 0 Å². The van der Waals surface area contributed by atoms with Crippen molar-refractivity contribution in [1.29, 1.82) is 0 Å². The molecule has 2 N–H and O–H groups in total. The summed E-state index contributed by atoms with van der Waals surface area (Å²) < 4.78 is 9.59. The van der Waals surface area contributed by atoms with E-state index < -0.39 is 45.7 Å². The molecule has 2 aromatic rings. The van der Waals surface area contributed by atoms with Gasteiger partial charge in [-0.3, -0.25) is 29.8 Å². The molecule has 0 spiro atoms. The molecule has 1 heterocycles. The molecule has 1 atom stereocenters. The number of rotatable bonds is 8. The molecule has 2 rings (SSSR count). The summed E-state index contributed by atoms with van der Waals surface area (Å²) in [7, 11) is 2.00. The van der Waals surface area contributed by atoms with E-state index in [2.05, 4.69) is 30.3 Å². The van der Waals surface area contributed by atoms with Crippen molar-refractivity contribution in [2.75, 3.05) is 19.5 Å². The zero-order valence-corrected chi connectivity index (χ0v) is 19.1. The highest BCUT2D eigenvalue weighted by atomic mass is 32.1. The minimum Gasteiger partial charge on any atom is -0.468 e. The molecule has 0 fully saturated rings. The Hall–Kier alpha value is -3.94. The Kier molecular flexibility index (Phi) is 7.76. The molecule has 1 unspecified atom stereocenters. The molecule has 1 aromatic carbocycles. The van der Waals surface area contributed by atoms with Gasteiger partial charge in [-0.2, -0.15) is 5.10 Å². The molecule has 1 aromatic heterocycles. The lowest BCUT2D eigenvalue weighted by Crippen LogP contribution is -2.45. The SMILES string of the molecule is COC(=O)/C(=N/NC(C)(C)C)C(C(=O)OC)C(=O)C(=O)Nc1nc2ccc([N+](=O)[O-])cc2s1. The van der Waals surface area contributed by atoms with Crippen LogP contribution < -0.4 is 10.7 Å². The topological polar surface area (TPSA) is 179 Å². The smallest absolute Gasteiger partial charge is 0.355 e. The van der Waals surface area contributed by atoms with Gasteiger partial charge in [-0.1, -0.05) is 11.3 Å². The number of esters is 2. The van der Waals surface area contributed by atoms with Gasteiger partial charge in [0.2, 0.25) is 5.78 Å². The molecule has 33 heavy (non-hydrogen) atoms. The van der Waals surface area contributed by atoms with Crippen molar-refractivity contribution in [2.24, 2.45) is 11.0 Å². The van der Waals surface area contributed by atoms with Crippen LogP contribution in [0.5, 0.6) is 0 Å². The lowest BCUT2D eigenvalue weighted by Gasteiger charge is -2.20. The maximum absolute atomic E-state index is 12.9. The van der Waals surface area contributed by atoms with Crippen molar-refractivity contribution < 1.29 is 33.6 Å². The number of hydrogen-bond donors (Lipinski definition) is 2. The first-order chi connectivity index (χ1) is 15.4. The van der Waals surface area contributed by atoms with Gasteiger partial charge >= 0.3 is 11.9 Å². The molecule has 0 saturated carbocycles. The molecule has 0 aliphatic rings. The zero-order valence-electron chi connectivity index (χ0n) is 18.3. The van der Waals surface area contributed by atoms with Gasteiger partial charge in [0.15, 0.2) is 16.8 Å². The van der Waals surface area contributed by atoms with Crippen LogP contribution >= 0.6 is 11.3 Å². The predicted molar refractivity (Wildman–Crippen MR) is 118 cm³/mol. The summed E-state index contributed by atoms with van der Waals surface area (Å²) in [5.74, 6) is -6.93. The molecule has 1 amide bonds. The first-order valence-electron chi connectivity index (χ1n) is 9.29. The van der Waals surface area contributed by atoms with E-state index in [9.17, 15) is 29.3 Å². The number of nitro benzene ring substituents is 1. The number of nitrogens with zero attached hydrogens (tertiary/aromatic N) is 3. The van der Waals surface area contributed by atoms with Crippen molar-refractivity contribution in [2.45, 2.75) is 26.3 Å². The highest BCUT2D eigenvalue weighted by molar-refractivity contribution is 7.22. The summed E-state index contributed by atoms with van der Waals surface area (Å²) in [6.45, 7) is 5.14. The number of nitro groups is 1. The molecule has 13 nitrogen and oxygen atoms in total. The monoisotopic (exact) mass is 479 g/mol. The first-order valence-corrected chi connectivity index (χ1v) is 10.1. The van der Waals surface area contributed by atoms with Crippen LogP contribution in [0.2, 0.25) is 0 Å². The van der Waals surface area contributed by atoms with Gasteiger partial charge in [0.05, 0.1) is 29.4 Å². The number of aromatic nitrogens is 1. The second-order valence-corrected chi connectivity index (χ2v) is 8.58. The van der Waals surface area contributed by atoms with Crippen LogP contribution in [0.1, 0.15) is 20.8 Å². The van der Waals surface area contributed by atoms with E-state index in [1.165, 1.54) is 18.2 Å². The maximum Gasteiger partial charge on any atom is 0.355 e. The largest absolute Gasteiger partial charge is 0.468 e. The summed E-state index contributed by atoms with van der Waals surface area (Å²) >= 11 is 0.883. The van der Waals surface area contributed by atoms with Gasteiger partial charge in [-0.15, -0.1) is 0 Å². The third-order valence-electron chi connectivity index (χ3n) is 3.91. The fourth-order valence-electron chi connectivity index (χ4n) is 2.39. The Balaban J connectivity index is 2.37. The number of nitrogens with one attached hydrogen (secondary N) is 2. The van der Waals surface area contributed by atoms with E-state index in [-0.39, 0.29) is 10.8 Å². The minimum atomic E-state index is -2.01. The Morgan fingerprint density at radius 1 is 1.18 bits per heavy atom. The highest BCUT2D eigenvalue weighted by Gasteiger charge is 2.41. The third kappa shape index (κ3) is 6.29. The normalized spacial score (nSPS) is 12.6. The summed E-state index contributed by atoms with van der Waals surface area (Å²) in [4.78, 5) is 64.4. The quantitative estimate of drug-likeness (QED) is 0.140. The summed E-state index contributed by atoms with van der Waals surface area (Å²) in [6, 6.07) is 3.90. The van der Waals surface area contributed by atoms with Crippen LogP contribution in [0.15, 0.2) is 23.3 Å². The van der Waals surface area contributed by atoms with Crippen LogP contribution in [0, 0.1) is 16.0 Å². The molecule has 14 heteroatoms. The predicted octanol–water partition coefficient (Wildman–Crippen LogP) is 1.42. The number of thiazole rings is 1. The number of anilines is 1. The standard InChI is InChI=1S/C19H21N5O8S/c1-19(2,3)23-22-13(17(28)32-5)12(16(27)31-4)14(25)15(26)21-18-20-10-7-6-9(24(29)30)8-11(10)33-18/h6-8,12,23H,1-5H3,(H,20,21,26)/b22-13+. The van der Waals surface area contributed by atoms with E-state index in [1.807, 2.05) is 0 Å². The molecule has 176 valence electrons. The molecular formula is C19H21N5O8S. The molecule has 0 saturated heterocycles. The Morgan fingerprint density at radius 2 is 1.85 bits per heavy atom. The van der Waals surface area contributed by atoms with Gasteiger partial charge in [-0.05, 0) is 26.8 Å². The molecule has 0 radical (unpaired) electrons. The van der Waals surface area contributed by atoms with Crippen LogP contribution in [0.4, 0.5) is 10.8 Å². The van der Waals surface area contributed by atoms with E-state index in [1.54, 1.807) is 20.8 Å². The van der Waals surface area contributed by atoms with E-state index >= 15 is 0 Å². The van der Waals surface area contributed by atoms with Gasteiger partial charge < -0.3 is 14.9 Å². The van der Waals surface area contributed by atoms with Crippen molar-refractivity contribution in [1.82, 2.24) is 10.4 Å². The van der Waals surface area contributed by atoms with E-state index in [0.29, 0.717) is 10.2 Å². The number of amides is 1. The number of carbonyl (C=O) groups is 4. The number of benzene rings is 1. The number of non-ortho nitro benzene ring substituents is 1. The first kappa shape index (κ1) is 25.3. The number of ether oxygens (including phenoxy) is 2. The number of fused-ring (bicyclic) bond motifs is 1. The van der Waals surface area contributed by atoms with Crippen molar-refractivity contribution in [3.05, 3.63) is 28.3 Å². The number of ketones is 1. The number of carbonyl (C=O) groups excluding carboxylic acids is 4. The number of hydrogen-bond acceptors (Lipinski definition) is 12. The number of methoxy groups -OCH3 is 2. The average molecular weight is 479 g/mol. The molecule has 0 aliphatic heterocycles. The van der Waals surface area contributed by atoms with Crippen molar-refractivity contribution in [3.8, 4) is 0 Å². The number of Topliss-reactive ketones (excluding diaryl/α,β-unsaturated/α-hetero) is 1. The molecule has 0 bridgehead atoms. The second kappa shape index (κ2) is 10.1. The zero-order chi connectivity index (χ0) is 24.9. The molecule has 0 aliphatic carbocycles. The van der Waals surface area contributed by atoms with Crippen LogP contribution in [-0.2, 0) is 28.7 Å². The van der Waals surface area contributed by atoms with Crippen LogP contribution in [0.3, 0.4) is 0 Å². The minimum absolute atomic E-state index is 0.0446. The Labute approximate surface area is 191 Å². The van der Waals surface area contributed by atoms with Gasteiger partial charge in [-0.25, -0.2) is 9.78 Å². The van der Waals surface area contributed by atoms with E-state index in [4.69, 9.17) is 0 Å². The summed E-state index contributed by atoms with van der Waals surface area (Å²) in [5, 5.41) is 16.9. The highest BCUT2D eigenvalue weighted by Crippen LogP contribution is 2.29. The Bertz CT molecular complexity index is 1150. The van der Waals surface area contributed by atoms with Crippen LogP contribution in [-0.4, -0.2) is 59.0 Å². The van der Waals surface area contributed by atoms with Gasteiger partial charge in [0.25, 0.3) is 11.6 Å². The average Bonchev–Trinajstić information content (AvgIpc) is 3.15. The summed E-state index contributed by atoms with van der Waals surface area (Å²) in [6.07, 6.45) is 0. The van der Waals surface area contributed by atoms with Crippen molar-refractivity contribution >= 4 is 61.7 Å². The van der Waals surface area contributed by atoms with Gasteiger partial charge in [0, 0.05) is 17.7 Å². The number of hydrazone groups is 1. The van der Waals surface area contributed by atoms with E-state index in [0.717, 1.165) is 25.6 Å². The fraction of sp³-hybridized carbons (Fsp3) is 0.368. The lowest BCUT2D eigenvalue weighted by molar-refractivity contribution is -0.384. The third-order valence-corrected chi connectivity index (χ3v) is 4.84. The Morgan fingerprint density at radius 3 is 2.39 bits per heavy atom. The fourth-order valence-corrected chi connectivity index (χ4v) is 3.29. The van der Waals surface area contributed by atoms with Gasteiger partial charge in [0.1, 0.15) is 0 Å². The second-order valence-electron chi connectivity index (χ2n) is 7.55. The van der Waals surface area contributed by atoms with Crippen LogP contribution in [0.25, 0.3) is 10.2 Å².